The van der Waals surface area contributed by atoms with Crippen LogP contribution >= 0.6 is 11.6 Å². The molecule has 110 valence electrons. The topological polar surface area (TPSA) is 36.4 Å². The maximum atomic E-state index is 12.7. The third-order valence-electron chi connectivity index (χ3n) is 3.67. The van der Waals surface area contributed by atoms with Gasteiger partial charge in [0, 0.05) is 30.4 Å². The van der Waals surface area contributed by atoms with Gasteiger partial charge in [-0.1, -0.05) is 18.5 Å². The number of rotatable bonds is 4. The number of nitrogens with zero attached hydrogens (tertiary/aromatic N) is 3. The Bertz CT molecular complexity index is 490. The molecule has 1 amide bonds. The van der Waals surface area contributed by atoms with E-state index < -0.39 is 0 Å². The molecule has 0 aliphatic carbocycles. The average molecular weight is 296 g/mol. The van der Waals surface area contributed by atoms with E-state index in [2.05, 4.69) is 9.88 Å². The van der Waals surface area contributed by atoms with Gasteiger partial charge in [-0.2, -0.15) is 0 Å². The molecule has 0 spiro atoms. The van der Waals surface area contributed by atoms with E-state index in [4.69, 9.17) is 11.6 Å². The maximum absolute atomic E-state index is 12.7. The minimum absolute atomic E-state index is 0.0772. The van der Waals surface area contributed by atoms with Crippen molar-refractivity contribution in [2.45, 2.75) is 32.2 Å². The van der Waals surface area contributed by atoms with Gasteiger partial charge in [0.2, 0.25) is 0 Å². The molecule has 5 heteroatoms. The first kappa shape index (κ1) is 15.3. The number of likely N-dealkylation sites (tertiary alicyclic amines) is 1. The standard InChI is InChI=1S/C15H22ClN3O/c1-4-12-8-11(9-14(16)17-12)15(20)19-7-5-6-13(19)10-18(2)3/h8-9,13H,4-7,10H2,1-3H3. The van der Waals surface area contributed by atoms with Crippen molar-refractivity contribution in [3.8, 4) is 0 Å². The molecular formula is C15H22ClN3O. The Morgan fingerprint density at radius 3 is 2.90 bits per heavy atom. The lowest BCUT2D eigenvalue weighted by atomic mass is 10.1. The summed E-state index contributed by atoms with van der Waals surface area (Å²) in [6, 6.07) is 3.84. The molecule has 1 aliphatic rings. The Morgan fingerprint density at radius 2 is 2.25 bits per heavy atom. The summed E-state index contributed by atoms with van der Waals surface area (Å²) in [5.41, 5.74) is 1.52. The van der Waals surface area contributed by atoms with E-state index in [0.717, 1.165) is 38.0 Å². The number of hydrogen-bond acceptors (Lipinski definition) is 3. The van der Waals surface area contributed by atoms with Gasteiger partial charge in [-0.3, -0.25) is 4.79 Å². The molecule has 1 atom stereocenters. The summed E-state index contributed by atoms with van der Waals surface area (Å²) in [6.07, 6.45) is 2.93. The Hall–Kier alpha value is -1.13. The van der Waals surface area contributed by atoms with Crippen LogP contribution in [0.1, 0.15) is 35.8 Å². The number of pyridine rings is 1. The van der Waals surface area contributed by atoms with Crippen LogP contribution in [0.4, 0.5) is 0 Å². The molecule has 1 aromatic heterocycles. The van der Waals surface area contributed by atoms with Crippen LogP contribution in [0.15, 0.2) is 12.1 Å². The SMILES string of the molecule is CCc1cc(C(=O)N2CCCC2CN(C)C)cc(Cl)n1. The predicted octanol–water partition coefficient (Wildman–Crippen LogP) is 2.46. The molecule has 0 saturated carbocycles. The zero-order valence-corrected chi connectivity index (χ0v) is 13.2. The summed E-state index contributed by atoms with van der Waals surface area (Å²) in [6.45, 7) is 3.75. The highest BCUT2D eigenvalue weighted by molar-refractivity contribution is 6.29. The number of halogens is 1. The van der Waals surface area contributed by atoms with Crippen LogP contribution in [0.25, 0.3) is 0 Å². The molecule has 0 bridgehead atoms. The third kappa shape index (κ3) is 3.49. The molecule has 0 aromatic carbocycles. The van der Waals surface area contributed by atoms with E-state index in [1.807, 2.05) is 32.0 Å². The minimum Gasteiger partial charge on any atom is -0.334 e. The lowest BCUT2D eigenvalue weighted by molar-refractivity contribution is 0.0716. The molecule has 1 saturated heterocycles. The monoisotopic (exact) mass is 295 g/mol. The quantitative estimate of drug-likeness (QED) is 0.801. The van der Waals surface area contributed by atoms with E-state index in [9.17, 15) is 4.79 Å². The molecule has 1 fully saturated rings. The average Bonchev–Trinajstić information content (AvgIpc) is 2.84. The van der Waals surface area contributed by atoms with Crippen molar-refractivity contribution < 1.29 is 4.79 Å². The lowest BCUT2D eigenvalue weighted by Gasteiger charge is -2.27. The van der Waals surface area contributed by atoms with Crippen LogP contribution < -0.4 is 0 Å². The minimum atomic E-state index is 0.0772. The van der Waals surface area contributed by atoms with Crippen molar-refractivity contribution in [2.24, 2.45) is 0 Å². The maximum Gasteiger partial charge on any atom is 0.254 e. The van der Waals surface area contributed by atoms with Crippen LogP contribution in [-0.2, 0) is 6.42 Å². The van der Waals surface area contributed by atoms with Crippen molar-refractivity contribution in [1.82, 2.24) is 14.8 Å². The van der Waals surface area contributed by atoms with Crippen molar-refractivity contribution in [3.63, 3.8) is 0 Å². The molecule has 1 unspecified atom stereocenters. The Morgan fingerprint density at radius 1 is 1.50 bits per heavy atom. The lowest BCUT2D eigenvalue weighted by Crippen LogP contribution is -2.41. The van der Waals surface area contributed by atoms with Gasteiger partial charge in [-0.15, -0.1) is 0 Å². The van der Waals surface area contributed by atoms with Crippen molar-refractivity contribution in [1.29, 1.82) is 0 Å². The van der Waals surface area contributed by atoms with E-state index in [-0.39, 0.29) is 5.91 Å². The van der Waals surface area contributed by atoms with Gasteiger partial charge < -0.3 is 9.80 Å². The highest BCUT2D eigenvalue weighted by Crippen LogP contribution is 2.22. The number of hydrogen-bond donors (Lipinski definition) is 0. The number of amides is 1. The molecular weight excluding hydrogens is 274 g/mol. The molecule has 0 radical (unpaired) electrons. The number of aryl methyl sites for hydroxylation is 1. The van der Waals surface area contributed by atoms with Gasteiger partial charge >= 0.3 is 0 Å². The number of carbonyl (C=O) groups is 1. The summed E-state index contributed by atoms with van der Waals surface area (Å²) >= 11 is 6.01. The van der Waals surface area contributed by atoms with Gasteiger partial charge in [0.05, 0.1) is 0 Å². The third-order valence-corrected chi connectivity index (χ3v) is 3.86. The van der Waals surface area contributed by atoms with Crippen LogP contribution in [-0.4, -0.2) is 53.9 Å². The molecule has 0 N–H and O–H groups in total. The van der Waals surface area contributed by atoms with E-state index in [0.29, 0.717) is 16.8 Å². The van der Waals surface area contributed by atoms with Gasteiger partial charge in [-0.25, -0.2) is 4.98 Å². The number of aromatic nitrogens is 1. The summed E-state index contributed by atoms with van der Waals surface area (Å²) in [5.74, 6) is 0.0772. The van der Waals surface area contributed by atoms with Crippen molar-refractivity contribution >= 4 is 17.5 Å². The molecule has 2 heterocycles. The Kier molecular flexibility index (Phi) is 5.00. The summed E-state index contributed by atoms with van der Waals surface area (Å²) in [5, 5.41) is 0.399. The first-order valence-electron chi connectivity index (χ1n) is 7.13. The second-order valence-electron chi connectivity index (χ2n) is 5.58. The van der Waals surface area contributed by atoms with E-state index >= 15 is 0 Å². The zero-order chi connectivity index (χ0) is 14.7. The fourth-order valence-corrected chi connectivity index (χ4v) is 2.96. The predicted molar refractivity (Wildman–Crippen MR) is 81.2 cm³/mol. The first-order valence-corrected chi connectivity index (χ1v) is 7.51. The van der Waals surface area contributed by atoms with Crippen LogP contribution in [0.3, 0.4) is 0 Å². The second-order valence-corrected chi connectivity index (χ2v) is 5.97. The molecule has 1 aromatic rings. The molecule has 2 rings (SSSR count). The normalized spacial score (nSPS) is 18.9. The second kappa shape index (κ2) is 6.55. The summed E-state index contributed by atoms with van der Waals surface area (Å²) in [7, 11) is 4.08. The van der Waals surface area contributed by atoms with Gasteiger partial charge in [0.1, 0.15) is 5.15 Å². The van der Waals surface area contributed by atoms with Gasteiger partial charge in [0.25, 0.3) is 5.91 Å². The molecule has 4 nitrogen and oxygen atoms in total. The first-order chi connectivity index (χ1) is 9.51. The summed E-state index contributed by atoms with van der Waals surface area (Å²) < 4.78 is 0. The largest absolute Gasteiger partial charge is 0.334 e. The highest BCUT2D eigenvalue weighted by Gasteiger charge is 2.29. The molecule has 1 aliphatic heterocycles. The van der Waals surface area contributed by atoms with Crippen LogP contribution in [0.2, 0.25) is 5.15 Å². The van der Waals surface area contributed by atoms with Crippen LogP contribution in [0, 0.1) is 0 Å². The smallest absolute Gasteiger partial charge is 0.254 e. The van der Waals surface area contributed by atoms with Gasteiger partial charge in [-0.05, 0) is 45.5 Å². The number of carbonyl (C=O) groups excluding carboxylic acids is 1. The zero-order valence-electron chi connectivity index (χ0n) is 12.4. The van der Waals surface area contributed by atoms with E-state index in [1.165, 1.54) is 0 Å². The highest BCUT2D eigenvalue weighted by atomic mass is 35.5. The number of likely N-dealkylation sites (N-methyl/N-ethyl adjacent to an activating group) is 1. The van der Waals surface area contributed by atoms with Gasteiger partial charge in [0.15, 0.2) is 0 Å². The van der Waals surface area contributed by atoms with E-state index in [1.54, 1.807) is 6.07 Å². The molecule has 20 heavy (non-hydrogen) atoms. The van der Waals surface area contributed by atoms with Crippen LogP contribution in [0.5, 0.6) is 0 Å². The fourth-order valence-electron chi connectivity index (χ4n) is 2.74. The van der Waals surface area contributed by atoms with Crippen molar-refractivity contribution in [2.75, 3.05) is 27.2 Å². The Balaban J connectivity index is 2.19. The Labute approximate surface area is 125 Å². The van der Waals surface area contributed by atoms with Crippen molar-refractivity contribution in [3.05, 3.63) is 28.5 Å². The fraction of sp³-hybridized carbons (Fsp3) is 0.600. The summed E-state index contributed by atoms with van der Waals surface area (Å²) in [4.78, 5) is 21.0.